The van der Waals surface area contributed by atoms with E-state index in [2.05, 4.69) is 36.2 Å². The Hall–Kier alpha value is -2.54. The molecule has 22 heavy (non-hydrogen) atoms. The van der Waals surface area contributed by atoms with Gasteiger partial charge in [-0.3, -0.25) is 0 Å². The minimum atomic E-state index is -0.384. The highest BCUT2D eigenvalue weighted by Crippen LogP contribution is 2.37. The van der Waals surface area contributed by atoms with Crippen LogP contribution in [0.25, 0.3) is 0 Å². The van der Waals surface area contributed by atoms with Crippen LogP contribution >= 0.6 is 0 Å². The molecule has 0 saturated heterocycles. The topological polar surface area (TPSA) is 65.9 Å². The molecule has 1 saturated carbocycles. The van der Waals surface area contributed by atoms with Crippen molar-refractivity contribution in [1.82, 2.24) is 4.98 Å². The van der Waals surface area contributed by atoms with Crippen molar-refractivity contribution >= 4 is 5.97 Å². The van der Waals surface area contributed by atoms with E-state index in [1.54, 1.807) is 12.1 Å². The summed E-state index contributed by atoms with van der Waals surface area (Å²) in [5.41, 5.74) is 3.16. The number of ether oxygens (including phenoxy) is 1. The predicted molar refractivity (Wildman–Crippen MR) is 82.5 cm³/mol. The van der Waals surface area contributed by atoms with Crippen LogP contribution in [0.5, 0.6) is 0 Å². The maximum absolute atomic E-state index is 12.2. The third-order valence-electron chi connectivity index (χ3n) is 4.24. The largest absolute Gasteiger partial charge is 0.457 e. The van der Waals surface area contributed by atoms with Crippen molar-refractivity contribution in [3.05, 3.63) is 58.9 Å². The molecule has 1 aromatic heterocycles. The van der Waals surface area contributed by atoms with Gasteiger partial charge in [-0.25, -0.2) is 4.79 Å². The number of benzene rings is 1. The Labute approximate surface area is 129 Å². The fourth-order valence-electron chi connectivity index (χ4n) is 3.04. The second-order valence-electron chi connectivity index (χ2n) is 5.79. The summed E-state index contributed by atoms with van der Waals surface area (Å²) in [6.07, 6.45) is 2.89. The number of aromatic nitrogens is 1. The highest BCUT2D eigenvalue weighted by Gasteiger charge is 2.32. The quantitative estimate of drug-likeness (QED) is 0.878. The van der Waals surface area contributed by atoms with Crippen LogP contribution in [0, 0.1) is 18.3 Å². The number of carbonyl (C=O) groups excluding carboxylic acids is 1. The maximum Gasteiger partial charge on any atom is 0.355 e. The van der Waals surface area contributed by atoms with Gasteiger partial charge in [-0.15, -0.1) is 0 Å². The Morgan fingerprint density at radius 1 is 1.23 bits per heavy atom. The average molecular weight is 294 g/mol. The zero-order chi connectivity index (χ0) is 15.5. The molecule has 0 bridgehead atoms. The van der Waals surface area contributed by atoms with Crippen molar-refractivity contribution in [2.75, 3.05) is 0 Å². The number of rotatable bonds is 3. The molecule has 0 radical (unpaired) electrons. The number of hydrogen-bond donors (Lipinski definition) is 1. The number of aromatic amines is 1. The van der Waals surface area contributed by atoms with Crippen LogP contribution in [-0.4, -0.2) is 17.1 Å². The van der Waals surface area contributed by atoms with E-state index in [9.17, 15) is 4.79 Å². The molecule has 0 spiro atoms. The van der Waals surface area contributed by atoms with Gasteiger partial charge in [-0.2, -0.15) is 5.26 Å². The summed E-state index contributed by atoms with van der Waals surface area (Å²) in [6, 6.07) is 13.6. The SMILES string of the molecule is Cc1ccc(C2CCCC2OC(=O)c2ccc(C#N)[nH]2)cc1. The van der Waals surface area contributed by atoms with Crippen LogP contribution in [0.4, 0.5) is 0 Å². The lowest BCUT2D eigenvalue weighted by Crippen LogP contribution is -2.21. The number of carbonyl (C=O) groups is 1. The molecule has 2 unspecified atom stereocenters. The molecule has 1 N–H and O–H groups in total. The fraction of sp³-hybridized carbons (Fsp3) is 0.333. The van der Waals surface area contributed by atoms with Crippen molar-refractivity contribution in [3.8, 4) is 6.07 Å². The smallest absolute Gasteiger partial charge is 0.355 e. The van der Waals surface area contributed by atoms with E-state index < -0.39 is 0 Å². The third kappa shape index (κ3) is 2.89. The normalized spacial score (nSPS) is 20.5. The molecule has 1 aliphatic carbocycles. The monoisotopic (exact) mass is 294 g/mol. The molecule has 2 atom stereocenters. The van der Waals surface area contributed by atoms with Gasteiger partial charge in [0.15, 0.2) is 0 Å². The van der Waals surface area contributed by atoms with Crippen LogP contribution in [0.3, 0.4) is 0 Å². The number of nitriles is 1. The van der Waals surface area contributed by atoms with Gasteiger partial charge in [-0.05, 0) is 43.9 Å². The van der Waals surface area contributed by atoms with E-state index in [-0.39, 0.29) is 18.0 Å². The zero-order valence-electron chi connectivity index (χ0n) is 12.5. The molecular formula is C18H18N2O2. The van der Waals surface area contributed by atoms with E-state index in [1.807, 2.05) is 6.07 Å². The molecule has 2 aromatic rings. The minimum absolute atomic E-state index is 0.0935. The first-order valence-electron chi connectivity index (χ1n) is 7.54. The maximum atomic E-state index is 12.2. The lowest BCUT2D eigenvalue weighted by atomic mass is 9.95. The summed E-state index contributed by atoms with van der Waals surface area (Å²) in [7, 11) is 0. The van der Waals surface area contributed by atoms with E-state index in [0.29, 0.717) is 11.4 Å². The summed E-state index contributed by atoms with van der Waals surface area (Å²) in [4.78, 5) is 15.0. The summed E-state index contributed by atoms with van der Waals surface area (Å²) >= 11 is 0. The lowest BCUT2D eigenvalue weighted by Gasteiger charge is -2.20. The Bertz CT molecular complexity index is 709. The molecule has 4 nitrogen and oxygen atoms in total. The van der Waals surface area contributed by atoms with Gasteiger partial charge in [0, 0.05) is 5.92 Å². The summed E-state index contributed by atoms with van der Waals surface area (Å²) in [6.45, 7) is 2.06. The number of H-pyrrole nitrogens is 1. The highest BCUT2D eigenvalue weighted by atomic mass is 16.5. The standard InChI is InChI=1S/C18H18N2O2/c1-12-5-7-13(8-6-12)15-3-2-4-17(15)22-18(21)16-10-9-14(11-19)20-16/h5-10,15,17,20H,2-4H2,1H3. The van der Waals surface area contributed by atoms with E-state index in [1.165, 1.54) is 11.1 Å². The van der Waals surface area contributed by atoms with E-state index in [4.69, 9.17) is 10.00 Å². The first-order chi connectivity index (χ1) is 10.7. The van der Waals surface area contributed by atoms with Crippen LogP contribution in [0.15, 0.2) is 36.4 Å². The van der Waals surface area contributed by atoms with Crippen LogP contribution in [0.2, 0.25) is 0 Å². The van der Waals surface area contributed by atoms with Crippen molar-refractivity contribution in [1.29, 1.82) is 5.26 Å². The fourth-order valence-corrected chi connectivity index (χ4v) is 3.04. The predicted octanol–water partition coefficient (Wildman–Crippen LogP) is 3.69. The van der Waals surface area contributed by atoms with Crippen molar-refractivity contribution in [2.45, 2.75) is 38.2 Å². The minimum Gasteiger partial charge on any atom is -0.457 e. The highest BCUT2D eigenvalue weighted by molar-refractivity contribution is 5.87. The Balaban J connectivity index is 1.72. The van der Waals surface area contributed by atoms with E-state index in [0.717, 1.165) is 19.3 Å². The van der Waals surface area contributed by atoms with Crippen LogP contribution < -0.4 is 0 Å². The zero-order valence-corrected chi connectivity index (χ0v) is 12.5. The first kappa shape index (κ1) is 14.4. The summed E-state index contributed by atoms with van der Waals surface area (Å²) < 4.78 is 5.67. The van der Waals surface area contributed by atoms with Crippen molar-refractivity contribution in [2.24, 2.45) is 0 Å². The number of esters is 1. The van der Waals surface area contributed by atoms with E-state index >= 15 is 0 Å². The number of nitrogens with one attached hydrogen (secondary N) is 1. The molecular weight excluding hydrogens is 276 g/mol. The Morgan fingerprint density at radius 3 is 2.68 bits per heavy atom. The summed E-state index contributed by atoms with van der Waals surface area (Å²) in [5.74, 6) is -0.125. The second-order valence-corrected chi connectivity index (χ2v) is 5.79. The molecule has 1 aliphatic rings. The van der Waals surface area contributed by atoms with Gasteiger partial charge in [0.25, 0.3) is 0 Å². The van der Waals surface area contributed by atoms with Gasteiger partial charge in [0.2, 0.25) is 0 Å². The Morgan fingerprint density at radius 2 is 2.00 bits per heavy atom. The van der Waals surface area contributed by atoms with Gasteiger partial charge in [0.05, 0.1) is 0 Å². The molecule has 0 aliphatic heterocycles. The molecule has 0 amide bonds. The van der Waals surface area contributed by atoms with Crippen molar-refractivity contribution in [3.63, 3.8) is 0 Å². The van der Waals surface area contributed by atoms with Gasteiger partial charge in [-0.1, -0.05) is 29.8 Å². The summed E-state index contributed by atoms with van der Waals surface area (Å²) in [5, 5.41) is 8.80. The van der Waals surface area contributed by atoms with Gasteiger partial charge < -0.3 is 9.72 Å². The van der Waals surface area contributed by atoms with Gasteiger partial charge in [0.1, 0.15) is 23.6 Å². The molecule has 1 fully saturated rings. The number of hydrogen-bond acceptors (Lipinski definition) is 3. The molecule has 1 heterocycles. The Kier molecular flexibility index (Phi) is 3.97. The number of nitrogens with zero attached hydrogens (tertiary/aromatic N) is 1. The molecule has 3 rings (SSSR count). The number of aryl methyl sites for hydroxylation is 1. The van der Waals surface area contributed by atoms with Crippen molar-refractivity contribution < 1.29 is 9.53 Å². The molecule has 112 valence electrons. The second kappa shape index (κ2) is 6.07. The molecule has 4 heteroatoms. The van der Waals surface area contributed by atoms with Crippen LogP contribution in [0.1, 0.15) is 52.5 Å². The van der Waals surface area contributed by atoms with Crippen LogP contribution in [-0.2, 0) is 4.74 Å². The van der Waals surface area contributed by atoms with Gasteiger partial charge >= 0.3 is 5.97 Å². The average Bonchev–Trinajstić information content (AvgIpc) is 3.17. The third-order valence-corrected chi connectivity index (χ3v) is 4.24. The molecule has 1 aromatic carbocycles. The lowest BCUT2D eigenvalue weighted by molar-refractivity contribution is 0.0272. The first-order valence-corrected chi connectivity index (χ1v) is 7.54.